The van der Waals surface area contributed by atoms with Gasteiger partial charge in [0.05, 0.1) is 10.6 Å². The van der Waals surface area contributed by atoms with Crippen molar-refractivity contribution in [3.8, 4) is 0 Å². The first-order chi connectivity index (χ1) is 15.6. The van der Waals surface area contributed by atoms with E-state index in [0.29, 0.717) is 4.47 Å². The summed E-state index contributed by atoms with van der Waals surface area (Å²) < 4.78 is 44.1. The standard InChI is InChI=1S/C24H17Br2ClFNO3S/c1-13-2-7-17(8-3-13)33(31,32)29-21-10-14-4-5-15(25)11-18(14)23(26)22(21)24(30)19-12-16(28)6-9-20(19)27/h2-12,24,29-30H,1H3. The number of aryl methyl sites for hydroxylation is 1. The maximum absolute atomic E-state index is 14.0. The fourth-order valence-corrected chi connectivity index (χ4v) is 5.92. The molecular formula is C24H17Br2ClFNO3S. The molecule has 0 fully saturated rings. The summed E-state index contributed by atoms with van der Waals surface area (Å²) in [4.78, 5) is 0.0735. The minimum absolute atomic E-state index is 0.0735. The van der Waals surface area contributed by atoms with Crippen LogP contribution in [0.2, 0.25) is 5.02 Å². The second kappa shape index (κ2) is 9.35. The van der Waals surface area contributed by atoms with Gasteiger partial charge in [0.1, 0.15) is 11.9 Å². The van der Waals surface area contributed by atoms with Gasteiger partial charge in [0.25, 0.3) is 10.0 Å². The number of halogens is 4. The molecule has 0 saturated carbocycles. The number of hydrogen-bond acceptors (Lipinski definition) is 3. The fourth-order valence-electron chi connectivity index (χ4n) is 3.49. The van der Waals surface area contributed by atoms with Crippen LogP contribution in [0, 0.1) is 12.7 Å². The Kier molecular flexibility index (Phi) is 6.85. The number of rotatable bonds is 5. The Morgan fingerprint density at radius 2 is 1.70 bits per heavy atom. The van der Waals surface area contributed by atoms with Crippen molar-refractivity contribution < 1.29 is 17.9 Å². The minimum Gasteiger partial charge on any atom is -0.383 e. The quantitative estimate of drug-likeness (QED) is 0.247. The van der Waals surface area contributed by atoms with E-state index in [0.717, 1.165) is 26.9 Å². The van der Waals surface area contributed by atoms with Crippen molar-refractivity contribution in [2.24, 2.45) is 0 Å². The molecule has 0 bridgehead atoms. The van der Waals surface area contributed by atoms with Gasteiger partial charge in [0.2, 0.25) is 0 Å². The van der Waals surface area contributed by atoms with Crippen molar-refractivity contribution in [1.82, 2.24) is 0 Å². The predicted molar refractivity (Wildman–Crippen MR) is 137 cm³/mol. The van der Waals surface area contributed by atoms with E-state index < -0.39 is 21.9 Å². The smallest absolute Gasteiger partial charge is 0.261 e. The van der Waals surface area contributed by atoms with Gasteiger partial charge in [-0.15, -0.1) is 0 Å². The Balaban J connectivity index is 1.94. The normalized spacial score (nSPS) is 12.7. The Morgan fingerprint density at radius 3 is 2.39 bits per heavy atom. The number of sulfonamides is 1. The zero-order chi connectivity index (χ0) is 23.9. The Hall–Kier alpha value is -1.97. The SMILES string of the molecule is Cc1ccc(S(=O)(=O)Nc2cc3ccc(Br)cc3c(Br)c2C(O)c2cc(F)ccc2Cl)cc1. The lowest BCUT2D eigenvalue weighted by molar-refractivity contribution is 0.220. The summed E-state index contributed by atoms with van der Waals surface area (Å²) in [6, 6.07) is 17.2. The topological polar surface area (TPSA) is 66.4 Å². The highest BCUT2D eigenvalue weighted by atomic mass is 79.9. The molecule has 4 aromatic rings. The monoisotopic (exact) mass is 611 g/mol. The molecule has 0 aliphatic heterocycles. The lowest BCUT2D eigenvalue weighted by Crippen LogP contribution is -2.16. The van der Waals surface area contributed by atoms with Gasteiger partial charge in [-0.25, -0.2) is 12.8 Å². The third kappa shape index (κ3) is 4.95. The summed E-state index contributed by atoms with van der Waals surface area (Å²) in [6.07, 6.45) is -1.42. The van der Waals surface area contributed by atoms with E-state index in [2.05, 4.69) is 36.6 Å². The molecule has 1 unspecified atom stereocenters. The highest BCUT2D eigenvalue weighted by Gasteiger charge is 2.26. The molecule has 1 atom stereocenters. The maximum Gasteiger partial charge on any atom is 0.261 e. The van der Waals surface area contributed by atoms with Crippen LogP contribution in [-0.4, -0.2) is 13.5 Å². The zero-order valence-electron chi connectivity index (χ0n) is 17.1. The summed E-state index contributed by atoms with van der Waals surface area (Å²) in [5, 5.41) is 12.9. The number of benzene rings is 4. The summed E-state index contributed by atoms with van der Waals surface area (Å²) in [6.45, 7) is 1.86. The molecule has 0 aromatic heterocycles. The predicted octanol–water partition coefficient (Wildman–Crippen LogP) is 7.35. The molecule has 4 rings (SSSR count). The van der Waals surface area contributed by atoms with E-state index >= 15 is 0 Å². The highest BCUT2D eigenvalue weighted by Crippen LogP contribution is 2.42. The average molecular weight is 614 g/mol. The number of aliphatic hydroxyl groups is 1. The molecule has 4 aromatic carbocycles. The van der Waals surface area contributed by atoms with Gasteiger partial charge in [-0.3, -0.25) is 4.72 Å². The van der Waals surface area contributed by atoms with Crippen molar-refractivity contribution in [3.63, 3.8) is 0 Å². The van der Waals surface area contributed by atoms with Crippen molar-refractivity contribution in [3.05, 3.63) is 103 Å². The molecule has 2 N–H and O–H groups in total. The molecule has 4 nitrogen and oxygen atoms in total. The van der Waals surface area contributed by atoms with E-state index in [1.54, 1.807) is 18.2 Å². The molecule has 0 radical (unpaired) electrons. The van der Waals surface area contributed by atoms with E-state index in [1.165, 1.54) is 24.3 Å². The van der Waals surface area contributed by atoms with E-state index in [9.17, 15) is 17.9 Å². The number of nitrogens with one attached hydrogen (secondary N) is 1. The number of hydrogen-bond donors (Lipinski definition) is 2. The maximum atomic E-state index is 14.0. The fraction of sp³-hybridized carbons (Fsp3) is 0.0833. The van der Waals surface area contributed by atoms with Crippen LogP contribution in [0.15, 0.2) is 80.6 Å². The van der Waals surface area contributed by atoms with Crippen LogP contribution in [0.25, 0.3) is 10.8 Å². The first-order valence-electron chi connectivity index (χ1n) is 9.71. The summed E-state index contributed by atoms with van der Waals surface area (Å²) >= 11 is 13.2. The summed E-state index contributed by atoms with van der Waals surface area (Å²) in [5.74, 6) is -0.574. The van der Waals surface area contributed by atoms with Gasteiger partial charge < -0.3 is 5.11 Å². The van der Waals surface area contributed by atoms with Crippen molar-refractivity contribution in [1.29, 1.82) is 0 Å². The van der Waals surface area contributed by atoms with Gasteiger partial charge >= 0.3 is 0 Å². The molecule has 0 aliphatic rings. The van der Waals surface area contributed by atoms with Crippen LogP contribution in [0.3, 0.4) is 0 Å². The van der Waals surface area contributed by atoms with Crippen molar-refractivity contribution in [2.45, 2.75) is 17.9 Å². The molecular weight excluding hydrogens is 597 g/mol. The van der Waals surface area contributed by atoms with E-state index in [1.807, 2.05) is 25.1 Å². The number of aliphatic hydroxyl groups excluding tert-OH is 1. The average Bonchev–Trinajstić information content (AvgIpc) is 2.76. The Morgan fingerprint density at radius 1 is 1.00 bits per heavy atom. The first-order valence-corrected chi connectivity index (χ1v) is 13.2. The zero-order valence-corrected chi connectivity index (χ0v) is 21.9. The van der Waals surface area contributed by atoms with Crippen LogP contribution in [0.4, 0.5) is 10.1 Å². The van der Waals surface area contributed by atoms with Crippen molar-refractivity contribution >= 4 is 69.9 Å². The summed E-state index contributed by atoms with van der Waals surface area (Å²) in [5.41, 5.74) is 1.39. The van der Waals surface area contributed by atoms with E-state index in [4.69, 9.17) is 11.6 Å². The van der Waals surface area contributed by atoms with Crippen LogP contribution in [0.5, 0.6) is 0 Å². The number of fused-ring (bicyclic) bond motifs is 1. The van der Waals surface area contributed by atoms with Crippen LogP contribution in [-0.2, 0) is 10.0 Å². The summed E-state index contributed by atoms with van der Waals surface area (Å²) in [7, 11) is -3.98. The molecule has 33 heavy (non-hydrogen) atoms. The van der Waals surface area contributed by atoms with Crippen LogP contribution >= 0.6 is 43.5 Å². The van der Waals surface area contributed by atoms with Gasteiger partial charge in [-0.05, 0) is 82.2 Å². The molecule has 170 valence electrons. The number of anilines is 1. The molecule has 0 aliphatic carbocycles. The molecule has 0 saturated heterocycles. The van der Waals surface area contributed by atoms with E-state index in [-0.39, 0.29) is 26.7 Å². The molecule has 0 spiro atoms. The largest absolute Gasteiger partial charge is 0.383 e. The third-order valence-electron chi connectivity index (χ3n) is 5.18. The molecule has 0 amide bonds. The molecule has 9 heteroatoms. The van der Waals surface area contributed by atoms with Gasteiger partial charge in [0, 0.05) is 25.1 Å². The molecule has 0 heterocycles. The highest BCUT2D eigenvalue weighted by molar-refractivity contribution is 9.11. The lowest BCUT2D eigenvalue weighted by atomic mass is 9.96. The van der Waals surface area contributed by atoms with Gasteiger partial charge in [-0.2, -0.15) is 0 Å². The van der Waals surface area contributed by atoms with Crippen LogP contribution < -0.4 is 4.72 Å². The van der Waals surface area contributed by atoms with Crippen LogP contribution in [0.1, 0.15) is 22.8 Å². The second-order valence-electron chi connectivity index (χ2n) is 7.50. The third-order valence-corrected chi connectivity index (χ3v) is 8.25. The Labute approximate surface area is 212 Å². The van der Waals surface area contributed by atoms with Gasteiger partial charge in [-0.1, -0.05) is 51.3 Å². The lowest BCUT2D eigenvalue weighted by Gasteiger charge is -2.22. The Bertz CT molecular complexity index is 1480. The first kappa shape index (κ1) is 24.2. The minimum atomic E-state index is -3.98. The second-order valence-corrected chi connectivity index (χ2v) is 11.3. The van der Waals surface area contributed by atoms with Crippen molar-refractivity contribution in [2.75, 3.05) is 4.72 Å². The van der Waals surface area contributed by atoms with Gasteiger partial charge in [0.15, 0.2) is 0 Å².